The molecule has 13 heteroatoms. The second-order valence-electron chi connectivity index (χ2n) is 7.53. The van der Waals surface area contributed by atoms with Crippen molar-refractivity contribution >= 4 is 17.7 Å². The minimum absolute atomic E-state index is 0.00792. The number of methoxy groups -OCH3 is 1. The maximum absolute atomic E-state index is 13.1. The molecular weight excluding hydrogens is 447 g/mol. The number of carbonyl (C=O) groups excluding carboxylic acids is 1. The molecular formula is C20H22F3N5O5. The second-order valence-corrected chi connectivity index (χ2v) is 7.53. The summed E-state index contributed by atoms with van der Waals surface area (Å²) in [6, 6.07) is 1.66. The zero-order valence-electron chi connectivity index (χ0n) is 17.4. The predicted octanol–water partition coefficient (Wildman–Crippen LogP) is 1.73. The number of aromatic hydroxyl groups is 1. The summed E-state index contributed by atoms with van der Waals surface area (Å²) in [4.78, 5) is 23.1. The molecule has 1 aliphatic rings. The Morgan fingerprint density at radius 2 is 2.00 bits per heavy atom. The highest BCUT2D eigenvalue weighted by Gasteiger charge is 2.33. The molecule has 10 nitrogen and oxygen atoms in total. The van der Waals surface area contributed by atoms with Gasteiger partial charge in [-0.15, -0.1) is 10.2 Å². The van der Waals surface area contributed by atoms with Gasteiger partial charge in [0.1, 0.15) is 11.8 Å². The molecule has 0 aliphatic carbocycles. The second kappa shape index (κ2) is 9.58. The van der Waals surface area contributed by atoms with E-state index in [9.17, 15) is 27.9 Å². The molecule has 1 saturated heterocycles. The number of phenols is 1. The summed E-state index contributed by atoms with van der Waals surface area (Å²) in [6.07, 6.45) is -3.86. The standard InChI is InChI=1S/C20H22F3N5O5/c1-33-8-9-4-10(20(21,22)23)5-15(29)16(9)14-6-12(17(24)30)18(28-27-14)26-11-2-3-13(19(31)32)25-7-11/h4-6,11,13,25,29H,2-3,7-8H2,1H3,(H2,24,30)(H,26,28)(H,31,32)/t11-,13+/m1/s1. The van der Waals surface area contributed by atoms with Crippen molar-refractivity contribution in [2.75, 3.05) is 19.0 Å². The van der Waals surface area contributed by atoms with Gasteiger partial charge in [-0.25, -0.2) is 0 Å². The molecule has 1 aromatic carbocycles. The van der Waals surface area contributed by atoms with Crippen LogP contribution in [0.3, 0.4) is 0 Å². The van der Waals surface area contributed by atoms with Gasteiger partial charge < -0.3 is 31.3 Å². The van der Waals surface area contributed by atoms with Crippen LogP contribution in [0.25, 0.3) is 11.3 Å². The van der Waals surface area contributed by atoms with Crippen LogP contribution in [0.15, 0.2) is 18.2 Å². The Labute approximate surface area is 186 Å². The lowest BCUT2D eigenvalue weighted by Gasteiger charge is -2.28. The van der Waals surface area contributed by atoms with Gasteiger partial charge in [0.25, 0.3) is 5.91 Å². The molecule has 33 heavy (non-hydrogen) atoms. The lowest BCUT2D eigenvalue weighted by molar-refractivity contribution is -0.140. The van der Waals surface area contributed by atoms with E-state index in [4.69, 9.17) is 15.6 Å². The Kier molecular flexibility index (Phi) is 7.03. The third kappa shape index (κ3) is 5.49. The molecule has 1 fully saturated rings. The quantitative estimate of drug-likeness (QED) is 0.407. The summed E-state index contributed by atoms with van der Waals surface area (Å²) in [6.45, 7) is 0.0230. The van der Waals surface area contributed by atoms with Crippen LogP contribution < -0.4 is 16.4 Å². The number of piperidine rings is 1. The summed E-state index contributed by atoms with van der Waals surface area (Å²) in [5.41, 5.74) is 4.15. The highest BCUT2D eigenvalue weighted by atomic mass is 19.4. The normalized spacial score (nSPS) is 18.7. The van der Waals surface area contributed by atoms with Crippen LogP contribution in [0.1, 0.15) is 34.3 Å². The number of aromatic nitrogens is 2. The molecule has 178 valence electrons. The molecule has 3 rings (SSSR count). The van der Waals surface area contributed by atoms with Crippen molar-refractivity contribution in [1.82, 2.24) is 15.5 Å². The molecule has 0 bridgehead atoms. The Morgan fingerprint density at radius 3 is 2.55 bits per heavy atom. The molecule has 0 radical (unpaired) electrons. The van der Waals surface area contributed by atoms with Gasteiger partial charge in [0.15, 0.2) is 5.82 Å². The van der Waals surface area contributed by atoms with Crippen LogP contribution >= 0.6 is 0 Å². The van der Waals surface area contributed by atoms with Crippen molar-refractivity contribution < 1.29 is 37.7 Å². The first kappa shape index (κ1) is 24.2. The van der Waals surface area contributed by atoms with Crippen molar-refractivity contribution in [2.45, 2.75) is 37.7 Å². The van der Waals surface area contributed by atoms with Crippen molar-refractivity contribution in [3.8, 4) is 17.0 Å². The monoisotopic (exact) mass is 469 g/mol. The Hall–Kier alpha value is -3.45. The number of phenolic OH excluding ortho intramolecular Hbond substituents is 1. The maximum atomic E-state index is 13.1. The van der Waals surface area contributed by atoms with E-state index in [-0.39, 0.29) is 47.4 Å². The Balaban J connectivity index is 1.95. The molecule has 0 unspecified atom stereocenters. The predicted molar refractivity (Wildman–Crippen MR) is 109 cm³/mol. The molecule has 0 spiro atoms. The molecule has 1 amide bonds. The number of alkyl halides is 3. The molecule has 2 atom stereocenters. The number of nitrogens with two attached hydrogens (primary N) is 1. The molecule has 6 N–H and O–H groups in total. The number of hydrogen-bond donors (Lipinski definition) is 5. The summed E-state index contributed by atoms with van der Waals surface area (Å²) >= 11 is 0. The van der Waals surface area contributed by atoms with Gasteiger partial charge in [0.05, 0.1) is 23.4 Å². The number of aliphatic carboxylic acids is 1. The van der Waals surface area contributed by atoms with Crippen molar-refractivity contribution in [2.24, 2.45) is 5.73 Å². The molecule has 0 saturated carbocycles. The fourth-order valence-corrected chi connectivity index (χ4v) is 3.61. The largest absolute Gasteiger partial charge is 0.507 e. The number of rotatable bonds is 7. The Bertz CT molecular complexity index is 1060. The van der Waals surface area contributed by atoms with Crippen molar-refractivity contribution in [1.29, 1.82) is 0 Å². The summed E-state index contributed by atoms with van der Waals surface area (Å²) in [5.74, 6) is -2.51. The van der Waals surface area contributed by atoms with Crippen LogP contribution in [0.5, 0.6) is 5.75 Å². The van der Waals surface area contributed by atoms with Crippen LogP contribution in [0.2, 0.25) is 0 Å². The maximum Gasteiger partial charge on any atom is 0.416 e. The number of ether oxygens (including phenoxy) is 1. The van der Waals surface area contributed by atoms with Gasteiger partial charge >= 0.3 is 12.1 Å². The summed E-state index contributed by atoms with van der Waals surface area (Å²) in [5, 5.41) is 33.2. The number of hydrogen-bond acceptors (Lipinski definition) is 8. The van der Waals surface area contributed by atoms with E-state index in [1.807, 2.05) is 0 Å². The van der Waals surface area contributed by atoms with Crippen LogP contribution in [-0.4, -0.2) is 58.0 Å². The summed E-state index contributed by atoms with van der Waals surface area (Å²) in [7, 11) is 1.28. The Morgan fingerprint density at radius 1 is 1.27 bits per heavy atom. The average molecular weight is 469 g/mol. The third-order valence-corrected chi connectivity index (χ3v) is 5.20. The van der Waals surface area contributed by atoms with E-state index in [1.54, 1.807) is 0 Å². The first-order chi connectivity index (χ1) is 15.5. The number of amides is 1. The fourth-order valence-electron chi connectivity index (χ4n) is 3.61. The van der Waals surface area contributed by atoms with Gasteiger partial charge in [-0.1, -0.05) is 0 Å². The first-order valence-electron chi connectivity index (χ1n) is 9.84. The van der Waals surface area contributed by atoms with Gasteiger partial charge in [0, 0.05) is 25.3 Å². The molecule has 1 aliphatic heterocycles. The van der Waals surface area contributed by atoms with E-state index >= 15 is 0 Å². The number of nitrogens with zero attached hydrogens (tertiary/aromatic N) is 2. The lowest BCUT2D eigenvalue weighted by atomic mass is 9.98. The topological polar surface area (TPSA) is 160 Å². The zero-order valence-corrected chi connectivity index (χ0v) is 17.4. The van der Waals surface area contributed by atoms with Gasteiger partial charge in [-0.3, -0.25) is 9.59 Å². The number of anilines is 1. The summed E-state index contributed by atoms with van der Waals surface area (Å²) < 4.78 is 44.4. The minimum atomic E-state index is -4.69. The van der Waals surface area contributed by atoms with Crippen LogP contribution in [-0.2, 0) is 22.3 Å². The zero-order chi connectivity index (χ0) is 24.3. The number of carbonyl (C=O) groups is 2. The molecule has 2 heterocycles. The smallest absolute Gasteiger partial charge is 0.416 e. The van der Waals surface area contributed by atoms with E-state index in [2.05, 4.69) is 20.8 Å². The minimum Gasteiger partial charge on any atom is -0.507 e. The SMILES string of the molecule is COCc1cc(C(F)(F)F)cc(O)c1-c1cc(C(N)=O)c(N[C@@H]2CC[C@@H](C(=O)O)NC2)nn1. The van der Waals surface area contributed by atoms with E-state index < -0.39 is 35.4 Å². The molecule has 1 aromatic heterocycles. The van der Waals surface area contributed by atoms with Gasteiger partial charge in [-0.05, 0) is 36.6 Å². The number of benzene rings is 1. The first-order valence-corrected chi connectivity index (χ1v) is 9.84. The average Bonchev–Trinajstić information content (AvgIpc) is 2.74. The number of halogens is 3. The number of nitrogens with one attached hydrogen (secondary N) is 2. The van der Waals surface area contributed by atoms with E-state index in [0.29, 0.717) is 18.9 Å². The fraction of sp³-hybridized carbons (Fsp3) is 0.400. The number of carboxylic acid groups (broad SMARTS) is 1. The van der Waals surface area contributed by atoms with Crippen LogP contribution in [0, 0.1) is 0 Å². The van der Waals surface area contributed by atoms with Gasteiger partial charge in [-0.2, -0.15) is 13.2 Å². The van der Waals surface area contributed by atoms with Crippen molar-refractivity contribution in [3.63, 3.8) is 0 Å². The molecule has 2 aromatic rings. The van der Waals surface area contributed by atoms with Crippen LogP contribution in [0.4, 0.5) is 19.0 Å². The van der Waals surface area contributed by atoms with Crippen molar-refractivity contribution in [3.05, 3.63) is 34.9 Å². The van der Waals surface area contributed by atoms with E-state index in [1.165, 1.54) is 13.2 Å². The third-order valence-electron chi connectivity index (χ3n) is 5.20. The van der Waals surface area contributed by atoms with E-state index in [0.717, 1.165) is 6.07 Å². The highest BCUT2D eigenvalue weighted by Crippen LogP contribution is 2.39. The lowest BCUT2D eigenvalue weighted by Crippen LogP contribution is -2.48. The van der Waals surface area contributed by atoms with Gasteiger partial charge in [0.2, 0.25) is 0 Å². The highest BCUT2D eigenvalue weighted by molar-refractivity contribution is 5.98. The number of primary amides is 1. The number of carboxylic acids is 1.